The molecule has 0 saturated carbocycles. The summed E-state index contributed by atoms with van der Waals surface area (Å²) in [7, 11) is 0. The van der Waals surface area contributed by atoms with Crippen LogP contribution >= 0.6 is 11.8 Å². The highest BCUT2D eigenvalue weighted by Gasteiger charge is 2.31. The van der Waals surface area contributed by atoms with E-state index in [4.69, 9.17) is 10.8 Å². The summed E-state index contributed by atoms with van der Waals surface area (Å²) in [6, 6.07) is -4.85. The Kier molecular flexibility index (Phi) is 14.3. The van der Waals surface area contributed by atoms with E-state index in [1.54, 1.807) is 20.1 Å². The lowest BCUT2D eigenvalue weighted by molar-refractivity contribution is -0.144. The number of aliphatic carboxylic acids is 2. The highest BCUT2D eigenvalue weighted by Crippen LogP contribution is 2.09. The maximum Gasteiger partial charge on any atom is 0.326 e. The third-order valence-electron chi connectivity index (χ3n) is 4.84. The van der Waals surface area contributed by atoms with Gasteiger partial charge in [0, 0.05) is 6.42 Å². The number of carboxylic acids is 2. The van der Waals surface area contributed by atoms with E-state index in [2.05, 4.69) is 16.0 Å². The van der Waals surface area contributed by atoms with Crippen molar-refractivity contribution in [1.29, 1.82) is 0 Å². The van der Waals surface area contributed by atoms with E-state index >= 15 is 0 Å². The van der Waals surface area contributed by atoms with Crippen molar-refractivity contribution in [2.75, 3.05) is 18.6 Å². The minimum atomic E-state index is -1.43. The lowest BCUT2D eigenvalue weighted by Crippen LogP contribution is -2.58. The zero-order chi connectivity index (χ0) is 24.8. The summed E-state index contributed by atoms with van der Waals surface area (Å²) in [4.78, 5) is 59.4. The maximum absolute atomic E-state index is 12.7. The second-order valence-electron chi connectivity index (χ2n) is 7.34. The standard InChI is InChI=1S/C19H34N4O8S/c1-4-10(2)15(19(30)31)23-18(29)13(9-24)22-17(28)12(7-8-32-3)21-16(27)11(20)5-6-14(25)26/h10-13,15,24H,4-9,20H2,1-3H3,(H,21,27)(H,22,28)(H,23,29)(H,25,26)(H,30,31). The number of carbonyl (C=O) groups is 5. The smallest absolute Gasteiger partial charge is 0.326 e. The zero-order valence-electron chi connectivity index (χ0n) is 18.5. The number of amides is 3. The molecule has 0 aliphatic carbocycles. The number of nitrogens with two attached hydrogens (primary N) is 1. The Morgan fingerprint density at radius 3 is 1.97 bits per heavy atom. The Balaban J connectivity index is 5.21. The summed E-state index contributed by atoms with van der Waals surface area (Å²) in [6.45, 7) is 2.62. The molecule has 5 atom stereocenters. The molecule has 32 heavy (non-hydrogen) atoms. The van der Waals surface area contributed by atoms with Crippen molar-refractivity contribution in [2.24, 2.45) is 11.7 Å². The molecular weight excluding hydrogens is 444 g/mol. The van der Waals surface area contributed by atoms with E-state index in [1.165, 1.54) is 11.8 Å². The first-order chi connectivity index (χ1) is 15.0. The van der Waals surface area contributed by atoms with Gasteiger partial charge in [0.05, 0.1) is 12.6 Å². The normalized spacial score (nSPS) is 15.5. The van der Waals surface area contributed by atoms with Gasteiger partial charge in [-0.05, 0) is 30.8 Å². The summed E-state index contributed by atoms with van der Waals surface area (Å²) in [6.07, 6.45) is 2.03. The van der Waals surface area contributed by atoms with Crippen LogP contribution in [0, 0.1) is 5.92 Å². The van der Waals surface area contributed by atoms with E-state index in [0.717, 1.165) is 0 Å². The molecule has 0 saturated heterocycles. The number of aliphatic hydroxyl groups is 1. The monoisotopic (exact) mass is 478 g/mol. The molecule has 3 amide bonds. The second kappa shape index (κ2) is 15.4. The highest BCUT2D eigenvalue weighted by molar-refractivity contribution is 7.98. The lowest BCUT2D eigenvalue weighted by Gasteiger charge is -2.25. The number of carboxylic acid groups (broad SMARTS) is 2. The Morgan fingerprint density at radius 1 is 0.938 bits per heavy atom. The van der Waals surface area contributed by atoms with Crippen LogP contribution in [0.25, 0.3) is 0 Å². The SMILES string of the molecule is CCC(C)C(NC(=O)C(CO)NC(=O)C(CCSC)NC(=O)C(N)CCC(=O)O)C(=O)O. The summed E-state index contributed by atoms with van der Waals surface area (Å²) < 4.78 is 0. The van der Waals surface area contributed by atoms with E-state index in [9.17, 15) is 34.2 Å². The van der Waals surface area contributed by atoms with Gasteiger partial charge in [0.1, 0.15) is 18.1 Å². The van der Waals surface area contributed by atoms with Gasteiger partial charge in [-0.3, -0.25) is 19.2 Å². The summed E-state index contributed by atoms with van der Waals surface area (Å²) in [5.74, 6) is -4.61. The Morgan fingerprint density at radius 2 is 1.50 bits per heavy atom. The van der Waals surface area contributed by atoms with Crippen molar-refractivity contribution in [3.8, 4) is 0 Å². The van der Waals surface area contributed by atoms with Gasteiger partial charge in [-0.2, -0.15) is 11.8 Å². The van der Waals surface area contributed by atoms with Crippen molar-refractivity contribution in [3.63, 3.8) is 0 Å². The van der Waals surface area contributed by atoms with Gasteiger partial charge in [-0.25, -0.2) is 4.79 Å². The Labute approximate surface area is 191 Å². The Hall–Kier alpha value is -2.38. The molecule has 0 radical (unpaired) electrons. The van der Waals surface area contributed by atoms with Crippen molar-refractivity contribution < 1.29 is 39.3 Å². The number of hydrogen-bond donors (Lipinski definition) is 7. The first-order valence-corrected chi connectivity index (χ1v) is 11.6. The molecule has 12 nitrogen and oxygen atoms in total. The lowest BCUT2D eigenvalue weighted by atomic mass is 9.99. The average Bonchev–Trinajstić information content (AvgIpc) is 2.75. The predicted molar refractivity (Wildman–Crippen MR) is 118 cm³/mol. The third kappa shape index (κ3) is 10.8. The maximum atomic E-state index is 12.7. The largest absolute Gasteiger partial charge is 0.481 e. The summed E-state index contributed by atoms with van der Waals surface area (Å²) >= 11 is 1.41. The van der Waals surface area contributed by atoms with Crippen LogP contribution in [0.1, 0.15) is 39.5 Å². The number of rotatable bonds is 16. The summed E-state index contributed by atoms with van der Waals surface area (Å²) in [5.41, 5.74) is 5.67. The van der Waals surface area contributed by atoms with E-state index in [0.29, 0.717) is 12.2 Å². The van der Waals surface area contributed by atoms with Gasteiger partial charge in [-0.15, -0.1) is 0 Å². The number of thioether (sulfide) groups is 1. The van der Waals surface area contributed by atoms with Gasteiger partial charge < -0.3 is 37.0 Å². The van der Waals surface area contributed by atoms with Gasteiger partial charge in [0.2, 0.25) is 17.7 Å². The molecule has 0 spiro atoms. The summed E-state index contributed by atoms with van der Waals surface area (Å²) in [5, 5.41) is 34.6. The van der Waals surface area contributed by atoms with Crippen LogP contribution in [0.4, 0.5) is 0 Å². The first kappa shape index (κ1) is 29.6. The van der Waals surface area contributed by atoms with E-state index < -0.39 is 60.4 Å². The molecule has 0 aliphatic heterocycles. The molecule has 0 aliphatic rings. The first-order valence-electron chi connectivity index (χ1n) is 10.2. The van der Waals surface area contributed by atoms with Gasteiger partial charge >= 0.3 is 11.9 Å². The molecule has 5 unspecified atom stereocenters. The fourth-order valence-electron chi connectivity index (χ4n) is 2.60. The molecule has 184 valence electrons. The van der Waals surface area contributed by atoms with Crippen molar-refractivity contribution in [3.05, 3.63) is 0 Å². The van der Waals surface area contributed by atoms with Crippen molar-refractivity contribution in [2.45, 2.75) is 63.7 Å². The van der Waals surface area contributed by atoms with Crippen LogP contribution in [-0.2, 0) is 24.0 Å². The molecule has 0 aromatic rings. The number of hydrogen-bond acceptors (Lipinski definition) is 8. The van der Waals surface area contributed by atoms with Crippen LogP contribution in [0.5, 0.6) is 0 Å². The quantitative estimate of drug-likeness (QED) is 0.137. The van der Waals surface area contributed by atoms with Crippen molar-refractivity contribution in [1.82, 2.24) is 16.0 Å². The molecule has 0 bridgehead atoms. The van der Waals surface area contributed by atoms with Crippen LogP contribution in [-0.4, -0.2) is 87.8 Å². The van der Waals surface area contributed by atoms with E-state index in [1.807, 2.05) is 0 Å². The topological polar surface area (TPSA) is 208 Å². The van der Waals surface area contributed by atoms with Crippen LogP contribution < -0.4 is 21.7 Å². The van der Waals surface area contributed by atoms with Crippen LogP contribution in [0.15, 0.2) is 0 Å². The number of carbonyl (C=O) groups excluding carboxylic acids is 3. The number of aliphatic hydroxyl groups excluding tert-OH is 1. The third-order valence-corrected chi connectivity index (χ3v) is 5.49. The minimum Gasteiger partial charge on any atom is -0.481 e. The molecule has 0 aromatic carbocycles. The van der Waals surface area contributed by atoms with Crippen LogP contribution in [0.3, 0.4) is 0 Å². The minimum absolute atomic E-state index is 0.119. The van der Waals surface area contributed by atoms with Gasteiger partial charge in [0.25, 0.3) is 0 Å². The second-order valence-corrected chi connectivity index (χ2v) is 8.32. The van der Waals surface area contributed by atoms with Crippen molar-refractivity contribution >= 4 is 41.4 Å². The van der Waals surface area contributed by atoms with Gasteiger partial charge in [0.15, 0.2) is 0 Å². The predicted octanol–water partition coefficient (Wildman–Crippen LogP) is -1.49. The van der Waals surface area contributed by atoms with Gasteiger partial charge in [-0.1, -0.05) is 20.3 Å². The molecule has 0 rings (SSSR count). The fourth-order valence-corrected chi connectivity index (χ4v) is 3.07. The van der Waals surface area contributed by atoms with E-state index in [-0.39, 0.29) is 25.2 Å². The number of nitrogens with one attached hydrogen (secondary N) is 3. The average molecular weight is 479 g/mol. The highest BCUT2D eigenvalue weighted by atomic mass is 32.2. The Bertz CT molecular complexity index is 663. The molecule has 0 fully saturated rings. The fraction of sp³-hybridized carbons (Fsp3) is 0.737. The molecule has 13 heteroatoms. The molecule has 8 N–H and O–H groups in total. The molecule has 0 heterocycles. The van der Waals surface area contributed by atoms with Crippen LogP contribution in [0.2, 0.25) is 0 Å². The molecule has 0 aromatic heterocycles. The zero-order valence-corrected chi connectivity index (χ0v) is 19.3. The molecular formula is C19H34N4O8S.